The molecule has 0 fully saturated rings. The summed E-state index contributed by atoms with van der Waals surface area (Å²) in [5.41, 5.74) is 0.923. The molecular weight excluding hydrogens is 276 g/mol. The summed E-state index contributed by atoms with van der Waals surface area (Å²) >= 11 is 0. The molecule has 22 heavy (non-hydrogen) atoms. The minimum Gasteiger partial charge on any atom is -0.494 e. The number of hydrogen-bond donors (Lipinski definition) is 1. The van der Waals surface area contributed by atoms with Crippen LogP contribution >= 0.6 is 0 Å². The van der Waals surface area contributed by atoms with Crippen LogP contribution in [0, 0.1) is 11.8 Å². The van der Waals surface area contributed by atoms with E-state index in [1.54, 1.807) is 6.92 Å². The molecule has 0 radical (unpaired) electrons. The van der Waals surface area contributed by atoms with Crippen LogP contribution in [0.25, 0.3) is 0 Å². The van der Waals surface area contributed by atoms with Gasteiger partial charge in [0.25, 0.3) is 0 Å². The van der Waals surface area contributed by atoms with E-state index in [1.807, 2.05) is 24.3 Å². The molecule has 1 atom stereocenters. The van der Waals surface area contributed by atoms with E-state index >= 15 is 0 Å². The maximum absolute atomic E-state index is 10.9. The number of aliphatic carboxylic acids is 1. The average Bonchev–Trinajstić information content (AvgIpc) is 2.50. The van der Waals surface area contributed by atoms with Crippen LogP contribution in [0.3, 0.4) is 0 Å². The van der Waals surface area contributed by atoms with Crippen LogP contribution < -0.4 is 4.74 Å². The molecule has 0 bridgehead atoms. The van der Waals surface area contributed by atoms with Gasteiger partial charge in [-0.1, -0.05) is 50.7 Å². The Balaban J connectivity index is 2.46. The summed E-state index contributed by atoms with van der Waals surface area (Å²) in [7, 11) is 0. The number of benzene rings is 1. The summed E-state index contributed by atoms with van der Waals surface area (Å²) in [6.45, 7) is 4.67. The first-order chi connectivity index (χ1) is 10.7. The molecule has 0 saturated heterocycles. The Morgan fingerprint density at radius 3 is 2.45 bits per heavy atom. The molecule has 0 aliphatic rings. The standard InChI is InChI=1S/C19H26O3/c1-3-5-6-7-8-14-22-18-12-10-16(11-13-18)17(9-4-2)15-19(20)21/h10-13,17H,3,5-8,14-15H2,1-2H3,(H,20,21)/t17-/m0/s1. The van der Waals surface area contributed by atoms with E-state index in [0.29, 0.717) is 0 Å². The van der Waals surface area contributed by atoms with Crippen molar-refractivity contribution in [1.29, 1.82) is 0 Å². The lowest BCUT2D eigenvalue weighted by Gasteiger charge is -2.10. The zero-order valence-corrected chi connectivity index (χ0v) is 13.6. The Labute approximate surface area is 133 Å². The van der Waals surface area contributed by atoms with Crippen molar-refractivity contribution in [1.82, 2.24) is 0 Å². The Hall–Kier alpha value is -1.95. The molecule has 120 valence electrons. The van der Waals surface area contributed by atoms with E-state index in [0.717, 1.165) is 24.3 Å². The number of hydrogen-bond acceptors (Lipinski definition) is 2. The van der Waals surface area contributed by atoms with Gasteiger partial charge in [-0.15, -0.1) is 5.92 Å². The highest BCUT2D eigenvalue weighted by Gasteiger charge is 2.12. The van der Waals surface area contributed by atoms with Gasteiger partial charge in [-0.3, -0.25) is 4.79 Å². The second-order valence-corrected chi connectivity index (χ2v) is 5.38. The predicted molar refractivity (Wildman–Crippen MR) is 89.1 cm³/mol. The van der Waals surface area contributed by atoms with Crippen molar-refractivity contribution in [2.75, 3.05) is 6.61 Å². The zero-order chi connectivity index (χ0) is 16.2. The third kappa shape index (κ3) is 7.17. The van der Waals surface area contributed by atoms with E-state index in [1.165, 1.54) is 25.7 Å². The molecule has 3 nitrogen and oxygen atoms in total. The molecule has 0 aromatic heterocycles. The third-order valence-corrected chi connectivity index (χ3v) is 3.50. The monoisotopic (exact) mass is 302 g/mol. The van der Waals surface area contributed by atoms with Gasteiger partial charge in [0.15, 0.2) is 0 Å². The van der Waals surface area contributed by atoms with Crippen LogP contribution in [0.5, 0.6) is 5.75 Å². The first kappa shape index (κ1) is 18.1. The van der Waals surface area contributed by atoms with Gasteiger partial charge in [0.1, 0.15) is 5.75 Å². The lowest BCUT2D eigenvalue weighted by molar-refractivity contribution is -0.137. The molecule has 1 aromatic rings. The molecule has 0 amide bonds. The molecule has 0 aliphatic carbocycles. The van der Waals surface area contributed by atoms with Gasteiger partial charge in [-0.2, -0.15) is 0 Å². The van der Waals surface area contributed by atoms with E-state index in [2.05, 4.69) is 18.8 Å². The fourth-order valence-corrected chi connectivity index (χ4v) is 2.29. The summed E-state index contributed by atoms with van der Waals surface area (Å²) in [5.74, 6) is 5.49. The van der Waals surface area contributed by atoms with Crippen molar-refractivity contribution < 1.29 is 14.6 Å². The molecule has 0 heterocycles. The second kappa shape index (κ2) is 10.7. The average molecular weight is 302 g/mol. The van der Waals surface area contributed by atoms with Crippen molar-refractivity contribution >= 4 is 5.97 Å². The SMILES string of the molecule is CC#C[C@@H](CC(=O)O)c1ccc(OCCCCCCC)cc1. The van der Waals surface area contributed by atoms with Gasteiger partial charge in [-0.05, 0) is 31.0 Å². The highest BCUT2D eigenvalue weighted by atomic mass is 16.5. The summed E-state index contributed by atoms with van der Waals surface area (Å²) < 4.78 is 5.71. The quantitative estimate of drug-likeness (QED) is 0.507. The Bertz CT molecular complexity index is 494. The number of unbranched alkanes of at least 4 members (excludes halogenated alkanes) is 4. The Morgan fingerprint density at radius 2 is 1.86 bits per heavy atom. The largest absolute Gasteiger partial charge is 0.494 e. The van der Waals surface area contributed by atoms with Crippen LogP contribution in [0.2, 0.25) is 0 Å². The van der Waals surface area contributed by atoms with Gasteiger partial charge < -0.3 is 9.84 Å². The number of carboxylic acids is 1. The minimum absolute atomic E-state index is 0.0263. The molecular formula is C19H26O3. The summed E-state index contributed by atoms with van der Waals surface area (Å²) in [6.07, 6.45) is 6.12. The first-order valence-electron chi connectivity index (χ1n) is 8.04. The number of ether oxygens (including phenoxy) is 1. The van der Waals surface area contributed by atoms with Gasteiger partial charge in [0.2, 0.25) is 0 Å². The minimum atomic E-state index is -0.833. The van der Waals surface area contributed by atoms with E-state index in [-0.39, 0.29) is 12.3 Å². The van der Waals surface area contributed by atoms with Crippen LogP contribution in [0.15, 0.2) is 24.3 Å². The van der Waals surface area contributed by atoms with Crippen molar-refractivity contribution in [3.05, 3.63) is 29.8 Å². The lowest BCUT2D eigenvalue weighted by atomic mass is 9.96. The highest BCUT2D eigenvalue weighted by molar-refractivity contribution is 5.69. The normalized spacial score (nSPS) is 11.4. The Morgan fingerprint density at radius 1 is 1.18 bits per heavy atom. The van der Waals surface area contributed by atoms with Crippen LogP contribution in [0.4, 0.5) is 0 Å². The van der Waals surface area contributed by atoms with Gasteiger partial charge in [0, 0.05) is 0 Å². The Kier molecular flexibility index (Phi) is 8.83. The lowest BCUT2D eigenvalue weighted by Crippen LogP contribution is -2.04. The van der Waals surface area contributed by atoms with Crippen LogP contribution in [-0.4, -0.2) is 17.7 Å². The molecule has 1 N–H and O–H groups in total. The maximum atomic E-state index is 10.9. The van der Waals surface area contributed by atoms with Crippen molar-refractivity contribution in [2.45, 2.75) is 58.3 Å². The molecule has 0 saturated carbocycles. The van der Waals surface area contributed by atoms with Crippen molar-refractivity contribution in [3.63, 3.8) is 0 Å². The highest BCUT2D eigenvalue weighted by Crippen LogP contribution is 2.22. The first-order valence-corrected chi connectivity index (χ1v) is 8.04. The van der Waals surface area contributed by atoms with E-state index < -0.39 is 5.97 Å². The van der Waals surface area contributed by atoms with E-state index in [9.17, 15) is 4.79 Å². The number of carboxylic acid groups (broad SMARTS) is 1. The van der Waals surface area contributed by atoms with Gasteiger partial charge in [-0.25, -0.2) is 0 Å². The smallest absolute Gasteiger partial charge is 0.304 e. The zero-order valence-electron chi connectivity index (χ0n) is 13.6. The van der Waals surface area contributed by atoms with E-state index in [4.69, 9.17) is 9.84 Å². The van der Waals surface area contributed by atoms with Crippen molar-refractivity contribution in [3.8, 4) is 17.6 Å². The summed E-state index contributed by atoms with van der Waals surface area (Å²) in [4.78, 5) is 10.9. The number of rotatable bonds is 10. The molecule has 0 unspecified atom stereocenters. The summed E-state index contributed by atoms with van der Waals surface area (Å²) in [6, 6.07) is 7.61. The number of carbonyl (C=O) groups is 1. The molecule has 1 aromatic carbocycles. The molecule has 0 spiro atoms. The fraction of sp³-hybridized carbons (Fsp3) is 0.526. The molecule has 3 heteroatoms. The van der Waals surface area contributed by atoms with Gasteiger partial charge in [0.05, 0.1) is 18.9 Å². The third-order valence-electron chi connectivity index (χ3n) is 3.50. The molecule has 0 aliphatic heterocycles. The van der Waals surface area contributed by atoms with Crippen molar-refractivity contribution in [2.24, 2.45) is 0 Å². The predicted octanol–water partition coefficient (Wildman–Crippen LogP) is 4.62. The topological polar surface area (TPSA) is 46.5 Å². The maximum Gasteiger partial charge on any atom is 0.304 e. The van der Waals surface area contributed by atoms with Crippen LogP contribution in [-0.2, 0) is 4.79 Å². The summed E-state index contributed by atoms with van der Waals surface area (Å²) in [5, 5.41) is 8.94. The second-order valence-electron chi connectivity index (χ2n) is 5.38. The van der Waals surface area contributed by atoms with Gasteiger partial charge >= 0.3 is 5.97 Å². The van der Waals surface area contributed by atoms with Crippen LogP contribution in [0.1, 0.15) is 63.9 Å². The molecule has 1 rings (SSSR count). The fourth-order valence-electron chi connectivity index (χ4n) is 2.29.